The molecule has 0 saturated carbocycles. The SMILES string of the molecule is F[P-](F)(F)(F)(F)F.O=C(NC(c1ccccc1)c1ccc[nH+]c1)C(F)Cl. The number of benzene rings is 1. The summed E-state index contributed by atoms with van der Waals surface area (Å²) in [7, 11) is -10.7. The first-order valence-electron chi connectivity index (χ1n) is 6.79. The molecule has 0 aliphatic rings. The molecule has 2 atom stereocenters. The van der Waals surface area contributed by atoms with Gasteiger partial charge in [-0.1, -0.05) is 41.9 Å². The second-order valence-corrected chi connectivity index (χ2v) is 7.25. The zero-order chi connectivity index (χ0) is 20.1. The first-order valence-corrected chi connectivity index (χ1v) is 9.26. The van der Waals surface area contributed by atoms with Crippen LogP contribution in [0.5, 0.6) is 0 Å². The predicted molar refractivity (Wildman–Crippen MR) is 83.7 cm³/mol. The number of rotatable bonds is 4. The van der Waals surface area contributed by atoms with Crippen molar-refractivity contribution < 1.29 is 39.4 Å². The van der Waals surface area contributed by atoms with E-state index in [1.54, 1.807) is 12.4 Å². The summed E-state index contributed by atoms with van der Waals surface area (Å²) in [5.41, 5.74) is -0.383. The fraction of sp³-hybridized carbons (Fsp3) is 0.143. The number of amides is 1. The van der Waals surface area contributed by atoms with Crippen LogP contribution < -0.4 is 10.3 Å². The van der Waals surface area contributed by atoms with Crippen LogP contribution in [0.1, 0.15) is 17.2 Å². The van der Waals surface area contributed by atoms with Gasteiger partial charge in [0.2, 0.25) is 0 Å². The maximum atomic E-state index is 12.8. The van der Waals surface area contributed by atoms with E-state index in [9.17, 15) is 34.4 Å². The Balaban J connectivity index is 0.000000412. The third-order valence-corrected chi connectivity index (χ3v) is 2.88. The summed E-state index contributed by atoms with van der Waals surface area (Å²) in [5, 5.41) is 2.58. The Morgan fingerprint density at radius 2 is 1.46 bits per heavy atom. The summed E-state index contributed by atoms with van der Waals surface area (Å²) < 4.78 is 72.0. The summed E-state index contributed by atoms with van der Waals surface area (Å²) in [6.45, 7) is 0. The molecule has 2 aromatic rings. The number of aromatic nitrogens is 1. The maximum Gasteiger partial charge on any atom is 0.270 e. The molecular weight excluding hydrogens is 412 g/mol. The topological polar surface area (TPSA) is 43.2 Å². The van der Waals surface area contributed by atoms with Crippen molar-refractivity contribution in [3.63, 3.8) is 0 Å². The van der Waals surface area contributed by atoms with Gasteiger partial charge in [-0.3, -0.25) is 4.79 Å². The van der Waals surface area contributed by atoms with E-state index in [0.717, 1.165) is 11.1 Å². The number of pyridine rings is 1. The molecule has 26 heavy (non-hydrogen) atoms. The van der Waals surface area contributed by atoms with Crippen LogP contribution in [0.3, 0.4) is 0 Å². The summed E-state index contributed by atoms with van der Waals surface area (Å²) >= 11 is 5.16. The smallest absolute Gasteiger partial charge is 0.270 e. The van der Waals surface area contributed by atoms with Crippen molar-refractivity contribution >= 4 is 25.3 Å². The van der Waals surface area contributed by atoms with Crippen LogP contribution in [0, 0.1) is 0 Å². The number of halogens is 8. The van der Waals surface area contributed by atoms with Crippen molar-refractivity contribution in [3.8, 4) is 0 Å². The van der Waals surface area contributed by atoms with Gasteiger partial charge in [0, 0.05) is 11.6 Å². The Labute approximate surface area is 148 Å². The van der Waals surface area contributed by atoms with Crippen molar-refractivity contribution in [2.75, 3.05) is 0 Å². The molecule has 12 heteroatoms. The van der Waals surface area contributed by atoms with Crippen LogP contribution in [0.25, 0.3) is 0 Å². The van der Waals surface area contributed by atoms with Crippen molar-refractivity contribution in [3.05, 3.63) is 66.0 Å². The van der Waals surface area contributed by atoms with E-state index in [4.69, 9.17) is 11.6 Å². The Bertz CT molecular complexity index is 676. The van der Waals surface area contributed by atoms with Gasteiger partial charge in [-0.25, -0.2) is 9.37 Å². The maximum absolute atomic E-state index is 12.8. The number of H-pyrrole nitrogens is 1. The molecule has 3 nitrogen and oxygen atoms in total. The minimum Gasteiger partial charge on any atom is -0.341 e. The van der Waals surface area contributed by atoms with Crippen LogP contribution in [0.15, 0.2) is 54.9 Å². The average Bonchev–Trinajstić information content (AvgIpc) is 2.51. The summed E-state index contributed by atoms with van der Waals surface area (Å²) in [4.78, 5) is 14.4. The molecule has 146 valence electrons. The largest absolute Gasteiger partial charge is 0.341 e. The molecule has 0 aliphatic heterocycles. The molecule has 2 unspecified atom stereocenters. The van der Waals surface area contributed by atoms with Gasteiger partial charge in [0.05, 0.1) is 6.04 Å². The summed E-state index contributed by atoms with van der Waals surface area (Å²) in [6, 6.07) is 12.5. The number of hydrogen-bond acceptors (Lipinski definition) is 1. The molecule has 2 rings (SSSR count). The van der Waals surface area contributed by atoms with Gasteiger partial charge >= 0.3 is 33.0 Å². The van der Waals surface area contributed by atoms with Crippen molar-refractivity contribution in [2.24, 2.45) is 0 Å². The van der Waals surface area contributed by atoms with Gasteiger partial charge in [-0.2, -0.15) is 0 Å². The number of alkyl halides is 2. The summed E-state index contributed by atoms with van der Waals surface area (Å²) in [5.74, 6) is -0.848. The predicted octanol–water partition coefficient (Wildman–Crippen LogP) is 5.62. The Kier molecular flexibility index (Phi) is 6.26. The quantitative estimate of drug-likeness (QED) is 0.386. The minimum absolute atomic E-state index is 0.442. The average molecular weight is 425 g/mol. The van der Waals surface area contributed by atoms with Gasteiger partial charge in [0.1, 0.15) is 0 Å². The van der Waals surface area contributed by atoms with E-state index in [1.165, 1.54) is 0 Å². The third-order valence-electron chi connectivity index (χ3n) is 2.68. The van der Waals surface area contributed by atoms with Crippen LogP contribution in [0.4, 0.5) is 29.6 Å². The Hall–Kier alpha value is -1.93. The fourth-order valence-corrected chi connectivity index (χ4v) is 1.86. The first-order chi connectivity index (χ1) is 11.6. The van der Waals surface area contributed by atoms with Crippen LogP contribution in [0.2, 0.25) is 0 Å². The van der Waals surface area contributed by atoms with E-state index < -0.39 is 25.4 Å². The van der Waals surface area contributed by atoms with Gasteiger partial charge < -0.3 is 5.32 Å². The van der Waals surface area contributed by atoms with Crippen LogP contribution >= 0.6 is 19.4 Å². The zero-order valence-electron chi connectivity index (χ0n) is 12.7. The number of carbonyl (C=O) groups excluding carboxylic acids is 1. The zero-order valence-corrected chi connectivity index (χ0v) is 14.4. The van der Waals surface area contributed by atoms with Crippen LogP contribution in [-0.2, 0) is 4.79 Å². The molecule has 0 fully saturated rings. The number of nitrogens with one attached hydrogen (secondary N) is 2. The van der Waals surface area contributed by atoms with Crippen molar-refractivity contribution in [2.45, 2.75) is 11.7 Å². The molecule has 1 aromatic carbocycles. The molecule has 0 aliphatic carbocycles. The minimum atomic E-state index is -10.7. The van der Waals surface area contributed by atoms with Gasteiger partial charge in [-0.15, -0.1) is 0 Å². The first kappa shape index (κ1) is 22.1. The molecule has 1 heterocycles. The van der Waals surface area contributed by atoms with Gasteiger partial charge in [-0.05, 0) is 11.6 Å². The fourth-order valence-electron chi connectivity index (χ4n) is 1.80. The molecular formula is C14H13ClF7N2OP. The van der Waals surface area contributed by atoms with E-state index in [2.05, 4.69) is 10.3 Å². The van der Waals surface area contributed by atoms with E-state index >= 15 is 0 Å². The summed E-state index contributed by atoms with van der Waals surface area (Å²) in [6.07, 6.45) is 3.51. The van der Waals surface area contributed by atoms with Crippen molar-refractivity contribution in [1.82, 2.24) is 5.32 Å². The standard InChI is InChI=1S/C14H12ClFN2O.F6P/c15-13(16)14(19)18-12(10-5-2-1-3-6-10)11-7-4-8-17-9-11;1-7(2,3,4,5)6/h1-9,12-13H,(H,18,19);/q;-1/p+1. The molecule has 0 spiro atoms. The normalized spacial score (nSPS) is 16.2. The second-order valence-electron chi connectivity index (χ2n) is 4.95. The Morgan fingerprint density at radius 1 is 0.962 bits per heavy atom. The molecule has 1 aromatic heterocycles. The van der Waals surface area contributed by atoms with Gasteiger partial charge in [0.15, 0.2) is 12.4 Å². The second kappa shape index (κ2) is 7.36. The molecule has 0 bridgehead atoms. The molecule has 2 N–H and O–H groups in total. The molecule has 0 radical (unpaired) electrons. The Morgan fingerprint density at radius 3 is 1.88 bits per heavy atom. The van der Waals surface area contributed by atoms with E-state index in [-0.39, 0.29) is 0 Å². The number of carbonyl (C=O) groups is 1. The van der Waals surface area contributed by atoms with E-state index in [1.807, 2.05) is 42.5 Å². The van der Waals surface area contributed by atoms with Crippen molar-refractivity contribution in [1.29, 1.82) is 0 Å². The van der Waals surface area contributed by atoms with E-state index in [0.29, 0.717) is 0 Å². The monoisotopic (exact) mass is 424 g/mol. The van der Waals surface area contributed by atoms with Crippen LogP contribution in [-0.4, -0.2) is 11.5 Å². The number of aromatic amines is 1. The molecule has 1 amide bonds. The number of hydrogen-bond donors (Lipinski definition) is 1. The molecule has 0 saturated heterocycles. The third kappa shape index (κ3) is 10.8. The van der Waals surface area contributed by atoms with Gasteiger partial charge in [0.25, 0.3) is 11.5 Å².